The molecule has 7 heteroatoms. The molecule has 6 rings (SSSR count). The van der Waals surface area contributed by atoms with Gasteiger partial charge in [0, 0.05) is 24.8 Å². The van der Waals surface area contributed by atoms with Gasteiger partial charge in [-0.3, -0.25) is 14.8 Å². The minimum Gasteiger partial charge on any atom is -0.478 e. The van der Waals surface area contributed by atoms with Crippen LogP contribution in [0.3, 0.4) is 0 Å². The lowest BCUT2D eigenvalue weighted by molar-refractivity contribution is 0.0696. The summed E-state index contributed by atoms with van der Waals surface area (Å²) in [4.78, 5) is 33.9. The fourth-order valence-electron chi connectivity index (χ4n) is 5.04. The van der Waals surface area contributed by atoms with Crippen LogP contribution in [0.15, 0.2) is 110 Å². The molecule has 0 radical (unpaired) electrons. The first kappa shape index (κ1) is 25.0. The number of hydrogen-bond acceptors (Lipinski definition) is 4. The Hall–Kier alpha value is -5.30. The molecule has 0 unspecified atom stereocenters. The van der Waals surface area contributed by atoms with E-state index in [1.54, 1.807) is 36.7 Å². The molecule has 40 heavy (non-hydrogen) atoms. The number of fused-ring (bicyclic) bond motifs is 2. The van der Waals surface area contributed by atoms with E-state index in [1.165, 1.54) is 0 Å². The molecule has 0 bridgehead atoms. The minimum atomic E-state index is -0.984. The number of amides is 1. The molecule has 0 saturated heterocycles. The van der Waals surface area contributed by atoms with Crippen molar-refractivity contribution < 1.29 is 14.7 Å². The Morgan fingerprint density at radius 2 is 1.62 bits per heavy atom. The van der Waals surface area contributed by atoms with E-state index in [1.807, 2.05) is 78.3 Å². The van der Waals surface area contributed by atoms with Crippen LogP contribution < -0.4 is 5.32 Å². The Bertz CT molecular complexity index is 1860. The van der Waals surface area contributed by atoms with Crippen molar-refractivity contribution in [3.8, 4) is 11.1 Å². The number of carboxylic acid groups (broad SMARTS) is 1. The topological polar surface area (TPSA) is 96.6 Å². The Labute approximate surface area is 230 Å². The maximum atomic E-state index is 13.8. The van der Waals surface area contributed by atoms with Crippen molar-refractivity contribution in [2.75, 3.05) is 0 Å². The number of nitrogens with one attached hydrogen (secondary N) is 1. The van der Waals surface area contributed by atoms with Gasteiger partial charge in [0.1, 0.15) is 0 Å². The van der Waals surface area contributed by atoms with E-state index in [4.69, 9.17) is 0 Å². The summed E-state index contributed by atoms with van der Waals surface area (Å²) in [6.07, 6.45) is 8.03. The number of carbonyl (C=O) groups is 2. The van der Waals surface area contributed by atoms with Crippen LogP contribution >= 0.6 is 0 Å². The number of benzene rings is 3. The number of carbonyl (C=O) groups excluding carboxylic acids is 1. The van der Waals surface area contributed by atoms with Crippen LogP contribution in [0.2, 0.25) is 0 Å². The van der Waals surface area contributed by atoms with Gasteiger partial charge in [-0.2, -0.15) is 0 Å². The fourth-order valence-corrected chi connectivity index (χ4v) is 5.04. The van der Waals surface area contributed by atoms with Gasteiger partial charge in [0.25, 0.3) is 5.91 Å². The molecule has 0 spiro atoms. The molecule has 196 valence electrons. The van der Waals surface area contributed by atoms with Gasteiger partial charge in [-0.25, -0.2) is 4.79 Å². The van der Waals surface area contributed by atoms with E-state index in [-0.39, 0.29) is 17.5 Å². The summed E-state index contributed by atoms with van der Waals surface area (Å²) in [7, 11) is 0. The predicted molar refractivity (Wildman–Crippen MR) is 154 cm³/mol. The predicted octanol–water partition coefficient (Wildman–Crippen LogP) is 6.33. The van der Waals surface area contributed by atoms with E-state index < -0.39 is 5.97 Å². The average molecular weight is 527 g/mol. The van der Waals surface area contributed by atoms with Gasteiger partial charge in [0.15, 0.2) is 0 Å². The summed E-state index contributed by atoms with van der Waals surface area (Å²) in [5, 5.41) is 12.3. The van der Waals surface area contributed by atoms with Crippen molar-refractivity contribution in [3.05, 3.63) is 138 Å². The first-order valence-corrected chi connectivity index (χ1v) is 13.0. The number of rotatable bonds is 7. The standard InChI is InChI=1S/C33H26N4O3/c1-21(23-8-10-25(11-9-23)33(39)40)36-32(38)28-19-27(24-5-3-2-4-6-24)20-37-16-13-26(31(28)37)17-22-7-12-29-30(18-22)35-15-14-34-29/h2-16,18-21H,17H2,1H3,(H,36,38)(H,39,40)/t21-/m0/s1. The lowest BCUT2D eigenvalue weighted by atomic mass is 9.99. The number of aromatic carboxylic acids is 1. The van der Waals surface area contributed by atoms with Crippen molar-refractivity contribution in [1.29, 1.82) is 0 Å². The molecule has 3 heterocycles. The highest BCUT2D eigenvalue weighted by Gasteiger charge is 2.19. The van der Waals surface area contributed by atoms with Gasteiger partial charge in [-0.05, 0) is 77.6 Å². The van der Waals surface area contributed by atoms with E-state index in [2.05, 4.69) is 21.4 Å². The van der Waals surface area contributed by atoms with Crippen LogP contribution in [0.25, 0.3) is 27.7 Å². The maximum absolute atomic E-state index is 13.8. The van der Waals surface area contributed by atoms with E-state index in [9.17, 15) is 14.7 Å². The third-order valence-electron chi connectivity index (χ3n) is 7.12. The first-order chi connectivity index (χ1) is 19.5. The highest BCUT2D eigenvalue weighted by molar-refractivity contribution is 6.03. The summed E-state index contributed by atoms with van der Waals surface area (Å²) in [5.74, 6) is -1.19. The molecule has 0 aliphatic carbocycles. The lowest BCUT2D eigenvalue weighted by Gasteiger charge is -2.17. The molecule has 0 saturated carbocycles. The third kappa shape index (κ3) is 4.92. The lowest BCUT2D eigenvalue weighted by Crippen LogP contribution is -2.27. The van der Waals surface area contributed by atoms with Gasteiger partial charge < -0.3 is 14.8 Å². The molecule has 0 aliphatic heterocycles. The summed E-state index contributed by atoms with van der Waals surface area (Å²) in [5.41, 5.74) is 8.14. The zero-order valence-electron chi connectivity index (χ0n) is 21.8. The molecule has 6 aromatic rings. The number of aromatic nitrogens is 3. The van der Waals surface area contributed by atoms with Crippen molar-refractivity contribution in [2.24, 2.45) is 0 Å². The Morgan fingerprint density at radius 1 is 0.875 bits per heavy atom. The van der Waals surface area contributed by atoms with Crippen LogP contribution in [0, 0.1) is 0 Å². The quantitative estimate of drug-likeness (QED) is 0.253. The Morgan fingerprint density at radius 3 is 2.38 bits per heavy atom. The normalized spacial score (nSPS) is 11.9. The molecule has 3 aromatic carbocycles. The fraction of sp³-hybridized carbons (Fsp3) is 0.0909. The van der Waals surface area contributed by atoms with E-state index in [0.29, 0.717) is 12.0 Å². The largest absolute Gasteiger partial charge is 0.478 e. The molecule has 1 amide bonds. The average Bonchev–Trinajstić information content (AvgIpc) is 3.39. The van der Waals surface area contributed by atoms with Crippen LogP contribution in [0.5, 0.6) is 0 Å². The van der Waals surface area contributed by atoms with Gasteiger partial charge >= 0.3 is 5.97 Å². The second kappa shape index (κ2) is 10.5. The highest BCUT2D eigenvalue weighted by atomic mass is 16.4. The summed E-state index contributed by atoms with van der Waals surface area (Å²) >= 11 is 0. The third-order valence-corrected chi connectivity index (χ3v) is 7.12. The second-order valence-corrected chi connectivity index (χ2v) is 9.78. The van der Waals surface area contributed by atoms with E-state index >= 15 is 0 Å². The van der Waals surface area contributed by atoms with Crippen molar-refractivity contribution in [2.45, 2.75) is 19.4 Å². The van der Waals surface area contributed by atoms with Crippen LogP contribution in [0.4, 0.5) is 0 Å². The molecule has 1 atom stereocenters. The molecule has 7 nitrogen and oxygen atoms in total. The monoisotopic (exact) mass is 526 g/mol. The zero-order chi connectivity index (χ0) is 27.6. The highest BCUT2D eigenvalue weighted by Crippen LogP contribution is 2.28. The minimum absolute atomic E-state index is 0.206. The van der Waals surface area contributed by atoms with Crippen LogP contribution in [-0.4, -0.2) is 31.4 Å². The molecule has 3 aromatic heterocycles. The molecule has 0 fully saturated rings. The van der Waals surface area contributed by atoms with E-state index in [0.717, 1.165) is 44.4 Å². The number of nitrogens with zero attached hydrogens (tertiary/aromatic N) is 3. The molecule has 0 aliphatic rings. The number of carboxylic acids is 1. The molecular weight excluding hydrogens is 500 g/mol. The SMILES string of the molecule is C[C@H](NC(=O)c1cc(-c2ccccc2)cn2ccc(Cc3ccc4nccnc4c3)c12)c1ccc(C(=O)O)cc1. The summed E-state index contributed by atoms with van der Waals surface area (Å²) < 4.78 is 2.01. The van der Waals surface area contributed by atoms with Gasteiger partial charge in [-0.15, -0.1) is 0 Å². The van der Waals surface area contributed by atoms with Gasteiger partial charge in [0.05, 0.1) is 33.7 Å². The smallest absolute Gasteiger partial charge is 0.335 e. The maximum Gasteiger partial charge on any atom is 0.335 e. The number of hydrogen-bond donors (Lipinski definition) is 2. The van der Waals surface area contributed by atoms with Crippen LogP contribution in [0.1, 0.15) is 50.4 Å². The Kier molecular flexibility index (Phi) is 6.54. The number of pyridine rings is 1. The van der Waals surface area contributed by atoms with Crippen molar-refractivity contribution in [3.63, 3.8) is 0 Å². The molecule has 2 N–H and O–H groups in total. The van der Waals surface area contributed by atoms with Crippen LogP contribution in [-0.2, 0) is 6.42 Å². The van der Waals surface area contributed by atoms with Crippen molar-refractivity contribution >= 4 is 28.4 Å². The second-order valence-electron chi connectivity index (χ2n) is 9.78. The zero-order valence-corrected chi connectivity index (χ0v) is 21.8. The van der Waals surface area contributed by atoms with Crippen molar-refractivity contribution in [1.82, 2.24) is 19.7 Å². The summed E-state index contributed by atoms with van der Waals surface area (Å²) in [6.45, 7) is 1.89. The Balaban J connectivity index is 1.39. The first-order valence-electron chi connectivity index (χ1n) is 13.0. The van der Waals surface area contributed by atoms with Gasteiger partial charge in [0.2, 0.25) is 0 Å². The van der Waals surface area contributed by atoms with Gasteiger partial charge in [-0.1, -0.05) is 48.5 Å². The summed E-state index contributed by atoms with van der Waals surface area (Å²) in [6, 6.07) is 26.2. The molecular formula is C33H26N4O3.